The van der Waals surface area contributed by atoms with Gasteiger partial charge in [0.25, 0.3) is 0 Å². The van der Waals surface area contributed by atoms with E-state index in [9.17, 15) is 21.6 Å². The molecule has 5 rings (SSSR count). The summed E-state index contributed by atoms with van der Waals surface area (Å²) in [7, 11) is -5.69. The van der Waals surface area contributed by atoms with E-state index in [1.807, 2.05) is 24.3 Å². The molecule has 0 N–H and O–H groups in total. The molecule has 3 aliphatic carbocycles. The van der Waals surface area contributed by atoms with Crippen LogP contribution in [0.4, 0.5) is 13.2 Å². The van der Waals surface area contributed by atoms with Crippen molar-refractivity contribution in [3.63, 3.8) is 0 Å². The Morgan fingerprint density at radius 3 is 1.75 bits per heavy atom. The van der Waals surface area contributed by atoms with Crippen molar-refractivity contribution in [2.45, 2.75) is 17.3 Å². The third kappa shape index (κ3) is 2.07. The van der Waals surface area contributed by atoms with E-state index >= 15 is 0 Å². The van der Waals surface area contributed by atoms with E-state index in [4.69, 9.17) is 0 Å². The summed E-state index contributed by atoms with van der Waals surface area (Å²) >= 11 is 0. The molecule has 0 aliphatic heterocycles. The Balaban J connectivity index is 1.86. The molecule has 0 aromatic heterocycles. The van der Waals surface area contributed by atoms with Gasteiger partial charge in [0.15, 0.2) is 0 Å². The lowest BCUT2D eigenvalue weighted by Crippen LogP contribution is -2.30. The van der Waals surface area contributed by atoms with Crippen LogP contribution in [0.2, 0.25) is 0 Å². The van der Waals surface area contributed by atoms with Gasteiger partial charge in [-0.2, -0.15) is 21.6 Å². The normalized spacial score (nSPS) is 21.7. The van der Waals surface area contributed by atoms with Crippen molar-refractivity contribution in [1.82, 2.24) is 0 Å². The Morgan fingerprint density at radius 2 is 1.29 bits per heavy atom. The summed E-state index contributed by atoms with van der Waals surface area (Å²) in [6, 6.07) is 14.6. The molecule has 0 amide bonds. The number of benzene rings is 2. The third-order valence-corrected chi connectivity index (χ3v) is 5.37. The number of hydrogen-bond donors (Lipinski definition) is 0. The van der Waals surface area contributed by atoms with Crippen molar-refractivity contribution >= 4 is 10.1 Å². The zero-order valence-corrected chi connectivity index (χ0v) is 12.9. The van der Waals surface area contributed by atoms with Crippen molar-refractivity contribution < 1.29 is 25.8 Å². The van der Waals surface area contributed by atoms with Crippen molar-refractivity contribution in [2.24, 2.45) is 0 Å². The van der Waals surface area contributed by atoms with Gasteiger partial charge in [-0.15, -0.1) is 0 Å². The first kappa shape index (κ1) is 15.3. The Morgan fingerprint density at radius 1 is 0.833 bits per heavy atom. The van der Waals surface area contributed by atoms with E-state index in [0.29, 0.717) is 0 Å². The second-order valence-electron chi connectivity index (χ2n) is 5.72. The average Bonchev–Trinajstić information content (AvgIpc) is 2.54. The van der Waals surface area contributed by atoms with Crippen LogP contribution in [-0.2, 0) is 14.3 Å². The predicted octanol–water partition coefficient (Wildman–Crippen LogP) is 4.03. The summed E-state index contributed by atoms with van der Waals surface area (Å²) in [5.41, 5.74) is -1.99. The molecule has 3 nitrogen and oxygen atoms in total. The van der Waals surface area contributed by atoms with Gasteiger partial charge in [-0.05, 0) is 28.3 Å². The van der Waals surface area contributed by atoms with Gasteiger partial charge >= 0.3 is 15.6 Å². The average molecular weight is 352 g/mol. The summed E-state index contributed by atoms with van der Waals surface area (Å²) in [5.74, 6) is -1.16. The van der Waals surface area contributed by atoms with Crippen LogP contribution in [0.15, 0.2) is 60.4 Å². The monoisotopic (exact) mass is 352 g/mol. The minimum absolute atomic E-state index is 0.185. The van der Waals surface area contributed by atoms with E-state index < -0.39 is 21.5 Å². The van der Waals surface area contributed by atoms with Crippen LogP contribution in [0.25, 0.3) is 0 Å². The maximum atomic E-state index is 12.7. The van der Waals surface area contributed by atoms with E-state index in [1.165, 1.54) is 6.08 Å². The fourth-order valence-corrected chi connectivity index (χ4v) is 3.95. The van der Waals surface area contributed by atoms with Crippen LogP contribution in [-0.4, -0.2) is 13.9 Å². The van der Waals surface area contributed by atoms with Crippen molar-refractivity contribution in [3.8, 4) is 0 Å². The number of rotatable bonds is 2. The van der Waals surface area contributed by atoms with Crippen LogP contribution < -0.4 is 0 Å². The molecular weight excluding hydrogens is 341 g/mol. The summed E-state index contributed by atoms with van der Waals surface area (Å²) < 4.78 is 65.4. The Hall–Kier alpha value is -2.28. The fourth-order valence-electron chi connectivity index (χ4n) is 3.45. The van der Waals surface area contributed by atoms with Gasteiger partial charge in [0, 0.05) is 5.92 Å². The fraction of sp³-hybridized carbons (Fsp3) is 0.176. The van der Waals surface area contributed by atoms with E-state index in [-0.39, 0.29) is 11.7 Å². The van der Waals surface area contributed by atoms with Crippen LogP contribution in [0.5, 0.6) is 0 Å². The molecule has 0 saturated heterocycles. The standard InChI is InChI=1S/C17H11F3O3S/c18-17(19,20)24(21,22)23-15-9-14-10-5-1-3-7-12(10)16(15)13-8-4-2-6-11(13)14/h1-9,14,16H. The quantitative estimate of drug-likeness (QED) is 0.605. The van der Waals surface area contributed by atoms with E-state index in [0.717, 1.165) is 22.3 Å². The summed E-state index contributed by atoms with van der Waals surface area (Å²) in [5, 5.41) is 0. The molecule has 0 unspecified atom stereocenters. The van der Waals surface area contributed by atoms with Gasteiger partial charge in [-0.3, -0.25) is 0 Å². The van der Waals surface area contributed by atoms with Crippen LogP contribution in [0.3, 0.4) is 0 Å². The highest BCUT2D eigenvalue weighted by Gasteiger charge is 2.51. The Kier molecular flexibility index (Phi) is 3.09. The van der Waals surface area contributed by atoms with E-state index in [2.05, 4.69) is 4.18 Å². The van der Waals surface area contributed by atoms with Crippen molar-refractivity contribution in [2.75, 3.05) is 0 Å². The summed E-state index contributed by atoms with van der Waals surface area (Å²) in [6.45, 7) is 0. The zero-order chi connectivity index (χ0) is 17.1. The molecule has 2 aromatic rings. The van der Waals surface area contributed by atoms with Crippen LogP contribution in [0, 0.1) is 0 Å². The topological polar surface area (TPSA) is 43.4 Å². The number of hydrogen-bond acceptors (Lipinski definition) is 3. The minimum Gasteiger partial charge on any atom is -0.380 e. The molecule has 0 fully saturated rings. The first-order valence-corrected chi connectivity index (χ1v) is 8.60. The smallest absolute Gasteiger partial charge is 0.380 e. The molecule has 0 saturated carbocycles. The molecule has 3 aliphatic rings. The minimum atomic E-state index is -5.69. The highest BCUT2D eigenvalue weighted by atomic mass is 32.2. The Bertz CT molecular complexity index is 914. The Labute approximate surface area is 136 Å². The first-order chi connectivity index (χ1) is 11.3. The maximum absolute atomic E-state index is 12.7. The zero-order valence-electron chi connectivity index (χ0n) is 12.1. The molecule has 124 valence electrons. The molecule has 2 aromatic carbocycles. The highest BCUT2D eigenvalue weighted by Crippen LogP contribution is 2.52. The van der Waals surface area contributed by atoms with Gasteiger partial charge in [0.05, 0.1) is 5.92 Å². The van der Waals surface area contributed by atoms with Crippen LogP contribution in [0.1, 0.15) is 34.1 Å². The number of halogens is 3. The summed E-state index contributed by atoms with van der Waals surface area (Å²) in [4.78, 5) is 0. The SMILES string of the molecule is O=S(=O)(OC1=CC2c3ccccc3C1c1ccccc12)C(F)(F)F. The molecule has 0 radical (unpaired) electrons. The maximum Gasteiger partial charge on any atom is 0.534 e. The van der Waals surface area contributed by atoms with Gasteiger partial charge in [0.2, 0.25) is 0 Å². The van der Waals surface area contributed by atoms with E-state index in [1.54, 1.807) is 24.3 Å². The molecule has 2 bridgehead atoms. The lowest BCUT2D eigenvalue weighted by atomic mass is 9.67. The molecular formula is C17H11F3O3S. The second-order valence-corrected chi connectivity index (χ2v) is 7.26. The number of alkyl halides is 3. The second kappa shape index (κ2) is 4.86. The molecule has 24 heavy (non-hydrogen) atoms. The molecule has 7 heteroatoms. The first-order valence-electron chi connectivity index (χ1n) is 7.20. The van der Waals surface area contributed by atoms with Gasteiger partial charge in [0.1, 0.15) is 5.76 Å². The van der Waals surface area contributed by atoms with Gasteiger partial charge < -0.3 is 4.18 Å². The number of allylic oxidation sites excluding steroid dienone is 2. The predicted molar refractivity (Wildman–Crippen MR) is 80.7 cm³/mol. The van der Waals surface area contributed by atoms with Crippen molar-refractivity contribution in [1.29, 1.82) is 0 Å². The van der Waals surface area contributed by atoms with Gasteiger partial charge in [-0.1, -0.05) is 48.5 Å². The third-order valence-electron chi connectivity index (χ3n) is 4.39. The molecule has 0 atom stereocenters. The lowest BCUT2D eigenvalue weighted by molar-refractivity contribution is -0.0524. The summed E-state index contributed by atoms with van der Waals surface area (Å²) in [6.07, 6.45) is 1.47. The largest absolute Gasteiger partial charge is 0.534 e. The van der Waals surface area contributed by atoms with Gasteiger partial charge in [-0.25, -0.2) is 0 Å². The van der Waals surface area contributed by atoms with Crippen LogP contribution >= 0.6 is 0 Å². The highest BCUT2D eigenvalue weighted by molar-refractivity contribution is 7.87. The lowest BCUT2D eigenvalue weighted by Gasteiger charge is -2.38. The van der Waals surface area contributed by atoms with Crippen molar-refractivity contribution in [3.05, 3.63) is 82.6 Å². The molecule has 0 heterocycles. The molecule has 0 spiro atoms.